The molecular weight excluding hydrogens is 428 g/mol. The Morgan fingerprint density at radius 1 is 1.19 bits per heavy atom. The number of hydrogen-bond acceptors (Lipinski definition) is 8. The SMILES string of the molecule is Cc1nc(-c2ccc(C)c(NC(=O)c3cnc4cc(-c5csc(CO)n5)ccn34)c2)no1. The molecule has 160 valence electrons. The molecule has 0 aliphatic rings. The van der Waals surface area contributed by atoms with Crippen molar-refractivity contribution in [2.24, 2.45) is 0 Å². The van der Waals surface area contributed by atoms with E-state index in [1.54, 1.807) is 17.5 Å². The van der Waals surface area contributed by atoms with Crippen molar-refractivity contribution >= 4 is 28.6 Å². The zero-order valence-corrected chi connectivity index (χ0v) is 18.1. The van der Waals surface area contributed by atoms with Crippen molar-refractivity contribution in [1.29, 1.82) is 0 Å². The van der Waals surface area contributed by atoms with Crippen molar-refractivity contribution in [3.63, 3.8) is 0 Å². The van der Waals surface area contributed by atoms with Crippen molar-refractivity contribution in [2.75, 3.05) is 5.32 Å². The van der Waals surface area contributed by atoms with Crippen molar-refractivity contribution in [3.8, 4) is 22.6 Å². The number of fused-ring (bicyclic) bond motifs is 1. The summed E-state index contributed by atoms with van der Waals surface area (Å²) in [5.41, 5.74) is 4.96. The van der Waals surface area contributed by atoms with E-state index < -0.39 is 0 Å². The molecule has 5 aromatic rings. The topological polar surface area (TPSA) is 118 Å². The molecule has 10 heteroatoms. The second-order valence-electron chi connectivity index (χ2n) is 7.19. The number of carbonyl (C=O) groups is 1. The molecular formula is C22H18N6O3S. The quantitative estimate of drug-likeness (QED) is 0.421. The number of carbonyl (C=O) groups excluding carboxylic acids is 1. The van der Waals surface area contributed by atoms with Crippen molar-refractivity contribution < 1.29 is 14.4 Å². The summed E-state index contributed by atoms with van der Waals surface area (Å²) in [6, 6.07) is 9.32. The van der Waals surface area contributed by atoms with Crippen LogP contribution >= 0.6 is 11.3 Å². The number of nitrogens with one attached hydrogen (secondary N) is 1. The summed E-state index contributed by atoms with van der Waals surface area (Å²) in [6.07, 6.45) is 3.33. The van der Waals surface area contributed by atoms with E-state index in [0.717, 1.165) is 22.4 Å². The largest absolute Gasteiger partial charge is 0.389 e. The molecule has 0 saturated heterocycles. The predicted octanol–water partition coefficient (Wildman–Crippen LogP) is 3.87. The molecule has 4 heterocycles. The first-order valence-corrected chi connectivity index (χ1v) is 10.7. The van der Waals surface area contributed by atoms with Crippen LogP contribution in [0.1, 0.15) is 27.0 Å². The van der Waals surface area contributed by atoms with Gasteiger partial charge in [0, 0.05) is 35.3 Å². The molecule has 0 bridgehead atoms. The Balaban J connectivity index is 1.43. The Morgan fingerprint density at radius 3 is 2.81 bits per heavy atom. The van der Waals surface area contributed by atoms with Crippen molar-refractivity contribution in [1.82, 2.24) is 24.5 Å². The van der Waals surface area contributed by atoms with Gasteiger partial charge in [-0.25, -0.2) is 9.97 Å². The summed E-state index contributed by atoms with van der Waals surface area (Å²) in [6.45, 7) is 3.55. The van der Waals surface area contributed by atoms with E-state index in [1.165, 1.54) is 17.5 Å². The van der Waals surface area contributed by atoms with Gasteiger partial charge in [-0.3, -0.25) is 9.20 Å². The van der Waals surface area contributed by atoms with Gasteiger partial charge in [0.25, 0.3) is 5.91 Å². The van der Waals surface area contributed by atoms with Gasteiger partial charge in [-0.05, 0) is 30.7 Å². The lowest BCUT2D eigenvalue weighted by Gasteiger charge is -2.09. The first-order valence-electron chi connectivity index (χ1n) is 9.77. The van der Waals surface area contributed by atoms with Gasteiger partial charge >= 0.3 is 0 Å². The lowest BCUT2D eigenvalue weighted by Crippen LogP contribution is -2.15. The first kappa shape index (κ1) is 20.0. The van der Waals surface area contributed by atoms with Crippen LogP contribution in [-0.2, 0) is 6.61 Å². The number of pyridine rings is 1. The van der Waals surface area contributed by atoms with Gasteiger partial charge in [-0.15, -0.1) is 11.3 Å². The van der Waals surface area contributed by atoms with Gasteiger partial charge in [-0.2, -0.15) is 4.98 Å². The fourth-order valence-corrected chi connectivity index (χ4v) is 3.98. The second-order valence-corrected chi connectivity index (χ2v) is 8.14. The zero-order chi connectivity index (χ0) is 22.2. The normalized spacial score (nSPS) is 11.2. The molecule has 0 saturated carbocycles. The summed E-state index contributed by atoms with van der Waals surface area (Å²) in [5.74, 6) is 0.652. The van der Waals surface area contributed by atoms with Gasteiger partial charge in [0.05, 0.1) is 18.5 Å². The van der Waals surface area contributed by atoms with Gasteiger partial charge < -0.3 is 14.9 Å². The average molecular weight is 446 g/mol. The molecule has 0 fully saturated rings. The van der Waals surface area contributed by atoms with E-state index >= 15 is 0 Å². The Kier molecular flexibility index (Phi) is 5.00. The molecule has 0 spiro atoms. The molecule has 0 unspecified atom stereocenters. The number of aryl methyl sites for hydroxylation is 2. The number of nitrogens with zero attached hydrogens (tertiary/aromatic N) is 5. The lowest BCUT2D eigenvalue weighted by molar-refractivity contribution is 0.102. The van der Waals surface area contributed by atoms with Crippen LogP contribution in [0, 0.1) is 13.8 Å². The number of anilines is 1. The third kappa shape index (κ3) is 3.66. The number of aliphatic hydroxyl groups excluding tert-OH is 1. The Labute approximate surface area is 186 Å². The highest BCUT2D eigenvalue weighted by Gasteiger charge is 2.16. The van der Waals surface area contributed by atoms with E-state index in [0.29, 0.717) is 33.8 Å². The van der Waals surface area contributed by atoms with Gasteiger partial charge in [0.1, 0.15) is 16.3 Å². The zero-order valence-electron chi connectivity index (χ0n) is 17.2. The Bertz CT molecular complexity index is 1450. The third-order valence-corrected chi connectivity index (χ3v) is 5.83. The van der Waals surface area contributed by atoms with Crippen LogP contribution in [0.2, 0.25) is 0 Å². The number of aliphatic hydroxyl groups is 1. The van der Waals surface area contributed by atoms with Crippen molar-refractivity contribution in [3.05, 3.63) is 70.3 Å². The maximum atomic E-state index is 13.0. The standard InChI is InChI=1S/C22H18N6O3S/c1-12-3-4-15(21-24-13(2)31-27-21)7-16(12)26-22(30)18-9-23-19-8-14(5-6-28(18)19)17-11-32-20(10-29)25-17/h3-9,11,29H,10H2,1-2H3,(H,26,30). The molecule has 5 rings (SSSR count). The lowest BCUT2D eigenvalue weighted by atomic mass is 10.1. The number of hydrogen-bond donors (Lipinski definition) is 2. The number of thiazole rings is 1. The van der Waals surface area contributed by atoms with Crippen LogP contribution in [0.5, 0.6) is 0 Å². The number of amides is 1. The van der Waals surface area contributed by atoms with E-state index in [4.69, 9.17) is 4.52 Å². The molecule has 1 aromatic carbocycles. The molecule has 0 radical (unpaired) electrons. The first-order chi connectivity index (χ1) is 15.5. The smallest absolute Gasteiger partial charge is 0.274 e. The predicted molar refractivity (Wildman–Crippen MR) is 119 cm³/mol. The Hall–Kier alpha value is -3.89. The number of aromatic nitrogens is 5. The molecule has 0 atom stereocenters. The fourth-order valence-electron chi connectivity index (χ4n) is 3.32. The van der Waals surface area contributed by atoms with Crippen LogP contribution in [0.3, 0.4) is 0 Å². The molecule has 2 N–H and O–H groups in total. The minimum Gasteiger partial charge on any atom is -0.389 e. The maximum Gasteiger partial charge on any atom is 0.274 e. The van der Waals surface area contributed by atoms with Crippen LogP contribution in [0.15, 0.2) is 52.6 Å². The van der Waals surface area contributed by atoms with Gasteiger partial charge in [0.15, 0.2) is 0 Å². The highest BCUT2D eigenvalue weighted by Crippen LogP contribution is 2.26. The highest BCUT2D eigenvalue weighted by atomic mass is 32.1. The number of benzene rings is 1. The highest BCUT2D eigenvalue weighted by molar-refractivity contribution is 7.09. The molecule has 1 amide bonds. The summed E-state index contributed by atoms with van der Waals surface area (Å²) >= 11 is 1.40. The van der Waals surface area contributed by atoms with E-state index in [9.17, 15) is 9.90 Å². The third-order valence-electron chi connectivity index (χ3n) is 5.00. The van der Waals surface area contributed by atoms with Crippen LogP contribution in [0.25, 0.3) is 28.3 Å². The average Bonchev–Trinajstić information content (AvgIpc) is 3.54. The molecule has 0 aliphatic carbocycles. The summed E-state index contributed by atoms with van der Waals surface area (Å²) in [7, 11) is 0. The monoisotopic (exact) mass is 446 g/mol. The van der Waals surface area contributed by atoms with Gasteiger partial charge in [0.2, 0.25) is 11.7 Å². The molecule has 4 aromatic heterocycles. The number of rotatable bonds is 5. The van der Waals surface area contributed by atoms with E-state index in [1.807, 2.05) is 42.6 Å². The fraction of sp³-hybridized carbons (Fsp3) is 0.136. The van der Waals surface area contributed by atoms with Crippen LogP contribution in [0.4, 0.5) is 5.69 Å². The summed E-state index contributed by atoms with van der Waals surface area (Å²) in [4.78, 5) is 26.0. The number of imidazole rings is 1. The second kappa shape index (κ2) is 7.98. The van der Waals surface area contributed by atoms with E-state index in [2.05, 4.69) is 25.4 Å². The van der Waals surface area contributed by atoms with Gasteiger partial charge in [-0.1, -0.05) is 17.3 Å². The minimum atomic E-state index is -0.286. The maximum absolute atomic E-state index is 13.0. The van der Waals surface area contributed by atoms with Crippen LogP contribution < -0.4 is 5.32 Å². The minimum absolute atomic E-state index is 0.0897. The molecule has 32 heavy (non-hydrogen) atoms. The van der Waals surface area contributed by atoms with Crippen LogP contribution in [-0.4, -0.2) is 35.5 Å². The van der Waals surface area contributed by atoms with Crippen molar-refractivity contribution in [2.45, 2.75) is 20.5 Å². The Morgan fingerprint density at radius 2 is 2.06 bits per heavy atom. The summed E-state index contributed by atoms with van der Waals surface area (Å²) < 4.78 is 6.77. The molecule has 0 aliphatic heterocycles. The molecule has 9 nitrogen and oxygen atoms in total. The van der Waals surface area contributed by atoms with E-state index in [-0.39, 0.29) is 12.5 Å². The summed E-state index contributed by atoms with van der Waals surface area (Å²) in [5, 5.41) is 18.7.